The molecule has 21 heavy (non-hydrogen) atoms. The van der Waals surface area contributed by atoms with Gasteiger partial charge in [-0.25, -0.2) is 0 Å². The summed E-state index contributed by atoms with van der Waals surface area (Å²) in [4.78, 5) is 0. The van der Waals surface area contributed by atoms with Crippen LogP contribution in [0.3, 0.4) is 0 Å². The number of rotatable bonds is 4. The van der Waals surface area contributed by atoms with Gasteiger partial charge in [-0.3, -0.25) is 0 Å². The highest BCUT2D eigenvalue weighted by Gasteiger charge is 2.17. The molecule has 0 bridgehead atoms. The van der Waals surface area contributed by atoms with Crippen molar-refractivity contribution in [2.24, 2.45) is 0 Å². The molecular weight excluding hydrogens is 375 g/mol. The molecule has 1 atom stereocenters. The lowest BCUT2D eigenvalue weighted by Crippen LogP contribution is -2.00. The summed E-state index contributed by atoms with van der Waals surface area (Å²) in [5, 5.41) is 0.366. The Hall–Kier alpha value is -0.900. The average Bonchev–Trinajstić information content (AvgIpc) is 2.49. The zero-order valence-corrected chi connectivity index (χ0v) is 15.0. The van der Waals surface area contributed by atoms with Crippen molar-refractivity contribution in [1.29, 1.82) is 0 Å². The van der Waals surface area contributed by atoms with Crippen molar-refractivity contribution in [2.75, 3.05) is 14.2 Å². The van der Waals surface area contributed by atoms with Crippen LogP contribution in [0.15, 0.2) is 34.8 Å². The van der Waals surface area contributed by atoms with Gasteiger partial charge in [0.1, 0.15) is 0 Å². The Morgan fingerprint density at radius 1 is 1.05 bits per heavy atom. The van der Waals surface area contributed by atoms with Gasteiger partial charge in [-0.2, -0.15) is 0 Å². The van der Waals surface area contributed by atoms with E-state index in [2.05, 4.69) is 15.9 Å². The van der Waals surface area contributed by atoms with Crippen molar-refractivity contribution in [3.8, 4) is 11.5 Å². The summed E-state index contributed by atoms with van der Waals surface area (Å²) in [6.45, 7) is 2.00. The quantitative estimate of drug-likeness (QED) is 0.619. The fourth-order valence-corrected chi connectivity index (χ4v) is 3.00. The molecule has 0 saturated heterocycles. The van der Waals surface area contributed by atoms with E-state index in [-0.39, 0.29) is 5.38 Å². The highest BCUT2D eigenvalue weighted by Crippen LogP contribution is 2.39. The lowest BCUT2D eigenvalue weighted by Gasteiger charge is -2.17. The summed E-state index contributed by atoms with van der Waals surface area (Å²) in [5.74, 6) is 1.36. The third-order valence-electron chi connectivity index (χ3n) is 3.28. The van der Waals surface area contributed by atoms with Crippen LogP contribution in [-0.4, -0.2) is 14.2 Å². The van der Waals surface area contributed by atoms with Crippen molar-refractivity contribution in [3.63, 3.8) is 0 Å². The van der Waals surface area contributed by atoms with Gasteiger partial charge < -0.3 is 9.47 Å². The normalized spacial score (nSPS) is 12.1. The number of alkyl halides is 1. The number of methoxy groups -OCH3 is 2. The molecule has 0 N–H and O–H groups in total. The van der Waals surface area contributed by atoms with Crippen LogP contribution in [0.5, 0.6) is 11.5 Å². The third kappa shape index (κ3) is 3.47. The summed E-state index contributed by atoms with van der Waals surface area (Å²) in [5.41, 5.74) is 2.98. The molecule has 0 fully saturated rings. The molecule has 2 aromatic rings. The molecule has 2 rings (SSSR count). The highest BCUT2D eigenvalue weighted by atomic mass is 79.9. The van der Waals surface area contributed by atoms with Gasteiger partial charge in [-0.1, -0.05) is 17.7 Å². The smallest absolute Gasteiger partial charge is 0.161 e. The first kappa shape index (κ1) is 16.5. The Morgan fingerprint density at radius 3 is 2.24 bits per heavy atom. The number of ether oxygens (including phenoxy) is 2. The minimum Gasteiger partial charge on any atom is -0.493 e. The van der Waals surface area contributed by atoms with Crippen LogP contribution in [0.4, 0.5) is 0 Å². The number of aryl methyl sites for hydroxylation is 1. The molecule has 5 heteroatoms. The largest absolute Gasteiger partial charge is 0.493 e. The Morgan fingerprint density at radius 2 is 1.67 bits per heavy atom. The minimum absolute atomic E-state index is 0.293. The van der Waals surface area contributed by atoms with E-state index in [1.54, 1.807) is 14.2 Å². The SMILES string of the molecule is COc1cc(C)c(C(Cl)c2ccc(Cl)c(Br)c2)cc1OC. The Bertz CT molecular complexity index is 659. The van der Waals surface area contributed by atoms with E-state index in [1.807, 2.05) is 37.3 Å². The van der Waals surface area contributed by atoms with Crippen LogP contribution in [0.2, 0.25) is 5.02 Å². The van der Waals surface area contributed by atoms with Crippen molar-refractivity contribution in [2.45, 2.75) is 12.3 Å². The van der Waals surface area contributed by atoms with Crippen LogP contribution in [0.25, 0.3) is 0 Å². The fourth-order valence-electron chi connectivity index (χ4n) is 2.12. The van der Waals surface area contributed by atoms with Crippen LogP contribution in [-0.2, 0) is 0 Å². The maximum atomic E-state index is 6.63. The standard InChI is InChI=1S/C16H15BrCl2O2/c1-9-6-14(20-2)15(21-3)8-11(9)16(19)10-4-5-13(18)12(17)7-10/h4-8,16H,1-3H3. The van der Waals surface area contributed by atoms with Gasteiger partial charge in [-0.05, 0) is 63.8 Å². The van der Waals surface area contributed by atoms with Gasteiger partial charge in [-0.15, -0.1) is 11.6 Å². The third-order valence-corrected chi connectivity index (χ3v) is 4.98. The summed E-state index contributed by atoms with van der Waals surface area (Å²) in [7, 11) is 3.23. The Kier molecular flexibility index (Phi) is 5.42. The maximum absolute atomic E-state index is 6.63. The van der Waals surface area contributed by atoms with E-state index < -0.39 is 0 Å². The number of halogens is 3. The number of hydrogen-bond donors (Lipinski definition) is 0. The molecule has 2 nitrogen and oxygen atoms in total. The molecule has 112 valence electrons. The first-order valence-corrected chi connectivity index (χ1v) is 7.90. The number of hydrogen-bond acceptors (Lipinski definition) is 2. The molecule has 0 amide bonds. The van der Waals surface area contributed by atoms with Crippen molar-refractivity contribution >= 4 is 39.1 Å². The zero-order valence-electron chi connectivity index (χ0n) is 11.9. The first-order chi connectivity index (χ1) is 9.97. The molecule has 0 aromatic heterocycles. The number of benzene rings is 2. The molecule has 0 aliphatic carbocycles. The van der Waals surface area contributed by atoms with Crippen molar-refractivity contribution < 1.29 is 9.47 Å². The van der Waals surface area contributed by atoms with Crippen LogP contribution < -0.4 is 9.47 Å². The summed E-state index contributed by atoms with van der Waals surface area (Å²) >= 11 is 16.1. The van der Waals surface area contributed by atoms with Crippen molar-refractivity contribution in [1.82, 2.24) is 0 Å². The van der Waals surface area contributed by atoms with E-state index in [9.17, 15) is 0 Å². The Balaban J connectivity index is 2.47. The fraction of sp³-hybridized carbons (Fsp3) is 0.250. The molecule has 0 aliphatic heterocycles. The molecule has 0 saturated carbocycles. The Labute approximate surface area is 143 Å². The predicted octanol–water partition coefficient (Wildman–Crippen LogP) is 5.76. The van der Waals surface area contributed by atoms with Crippen LogP contribution >= 0.6 is 39.1 Å². The monoisotopic (exact) mass is 388 g/mol. The second-order valence-corrected chi connectivity index (χ2v) is 6.30. The predicted molar refractivity (Wildman–Crippen MR) is 91.1 cm³/mol. The first-order valence-electron chi connectivity index (χ1n) is 6.29. The van der Waals surface area contributed by atoms with Crippen LogP contribution in [0.1, 0.15) is 22.1 Å². The molecule has 0 spiro atoms. The maximum Gasteiger partial charge on any atom is 0.161 e. The van der Waals surface area contributed by atoms with Gasteiger partial charge >= 0.3 is 0 Å². The molecular formula is C16H15BrCl2O2. The minimum atomic E-state index is -0.293. The summed E-state index contributed by atoms with van der Waals surface area (Å²) in [6.07, 6.45) is 0. The van der Waals surface area contributed by atoms with E-state index in [1.165, 1.54) is 0 Å². The lowest BCUT2D eigenvalue weighted by atomic mass is 9.99. The molecule has 0 radical (unpaired) electrons. The summed E-state index contributed by atoms with van der Waals surface area (Å²) < 4.78 is 11.5. The molecule has 2 aromatic carbocycles. The van der Waals surface area contributed by atoms with Gasteiger partial charge in [0.05, 0.1) is 24.6 Å². The van der Waals surface area contributed by atoms with Gasteiger partial charge in [0.2, 0.25) is 0 Å². The topological polar surface area (TPSA) is 18.5 Å². The molecule has 1 unspecified atom stereocenters. The van der Waals surface area contributed by atoms with Crippen molar-refractivity contribution in [3.05, 3.63) is 56.5 Å². The van der Waals surface area contributed by atoms with E-state index in [0.717, 1.165) is 21.2 Å². The highest BCUT2D eigenvalue weighted by molar-refractivity contribution is 9.10. The van der Waals surface area contributed by atoms with Crippen LogP contribution in [0, 0.1) is 6.92 Å². The van der Waals surface area contributed by atoms with E-state index in [4.69, 9.17) is 32.7 Å². The van der Waals surface area contributed by atoms with Gasteiger partial charge in [0, 0.05) is 4.47 Å². The van der Waals surface area contributed by atoms with E-state index >= 15 is 0 Å². The van der Waals surface area contributed by atoms with Gasteiger partial charge in [0.15, 0.2) is 11.5 Å². The van der Waals surface area contributed by atoms with E-state index in [0.29, 0.717) is 16.5 Å². The van der Waals surface area contributed by atoms with Gasteiger partial charge in [0.25, 0.3) is 0 Å². The lowest BCUT2D eigenvalue weighted by molar-refractivity contribution is 0.354. The molecule has 0 aliphatic rings. The second-order valence-electron chi connectivity index (χ2n) is 4.60. The average molecular weight is 390 g/mol. The second kappa shape index (κ2) is 6.91. The molecule has 0 heterocycles. The zero-order chi connectivity index (χ0) is 15.6. The summed E-state index contributed by atoms with van der Waals surface area (Å²) in [6, 6.07) is 9.51.